The van der Waals surface area contributed by atoms with E-state index in [0.29, 0.717) is 28.3 Å². The summed E-state index contributed by atoms with van der Waals surface area (Å²) in [4.78, 5) is 37.4. The van der Waals surface area contributed by atoms with Crippen molar-refractivity contribution in [2.45, 2.75) is 9.88 Å². The fourth-order valence-corrected chi connectivity index (χ4v) is 8.44. The molecule has 2 heterocycles. The number of hydrogen-bond acceptors (Lipinski definition) is 4. The van der Waals surface area contributed by atoms with E-state index in [2.05, 4.69) is 20.9 Å². The number of hydrogen-bond donors (Lipinski definition) is 0. The normalized spacial score (nSPS) is 13.5. The van der Waals surface area contributed by atoms with Crippen molar-refractivity contribution in [1.82, 2.24) is 4.98 Å². The topological polar surface area (TPSA) is 63.4 Å². The van der Waals surface area contributed by atoms with E-state index in [9.17, 15) is 9.59 Å². The van der Waals surface area contributed by atoms with Gasteiger partial charge in [0.15, 0.2) is 5.58 Å². The molecule has 0 bridgehead atoms. The zero-order chi connectivity index (χ0) is 22.7. The van der Waals surface area contributed by atoms with Crippen LogP contribution in [0.4, 0.5) is 5.69 Å². The van der Waals surface area contributed by atoms with Crippen LogP contribution in [0.3, 0.4) is 0 Å². The first-order valence-corrected chi connectivity index (χ1v) is 19.2. The molecular formula is C27H20N2O3Sn. The summed E-state index contributed by atoms with van der Waals surface area (Å²) in [6, 6.07) is 24.5. The molecule has 1 aliphatic rings. The van der Waals surface area contributed by atoms with Crippen molar-refractivity contribution in [1.29, 1.82) is 0 Å². The zero-order valence-electron chi connectivity index (χ0n) is 18.2. The van der Waals surface area contributed by atoms with Crippen LogP contribution >= 0.6 is 0 Å². The van der Waals surface area contributed by atoms with E-state index in [1.165, 1.54) is 8.48 Å². The molecule has 0 radical (unpaired) electrons. The minimum atomic E-state index is -1.84. The Morgan fingerprint density at radius 1 is 0.788 bits per heavy atom. The third-order valence-corrected chi connectivity index (χ3v) is 11.2. The number of carbonyl (C=O) groups is 2. The molecule has 2 amide bonds. The monoisotopic (exact) mass is 540 g/mol. The average Bonchev–Trinajstić information content (AvgIpc) is 3.27. The summed E-state index contributed by atoms with van der Waals surface area (Å²) in [6.07, 6.45) is 0. The van der Waals surface area contributed by atoms with Crippen LogP contribution < -0.4 is 8.48 Å². The molecule has 1 aliphatic heterocycles. The molecule has 0 unspecified atom stereocenters. The van der Waals surface area contributed by atoms with Crippen LogP contribution in [-0.4, -0.2) is 36.6 Å². The first-order valence-electron chi connectivity index (χ1n) is 10.9. The second-order valence-electron chi connectivity index (χ2n) is 8.56. The van der Waals surface area contributed by atoms with Crippen LogP contribution in [0.5, 0.6) is 0 Å². The van der Waals surface area contributed by atoms with Crippen molar-refractivity contribution in [3.63, 3.8) is 0 Å². The predicted molar refractivity (Wildman–Crippen MR) is 133 cm³/mol. The number of nitrogens with zero attached hydrogens (tertiary/aromatic N) is 2. The first kappa shape index (κ1) is 20.2. The van der Waals surface area contributed by atoms with Gasteiger partial charge in [0.25, 0.3) is 0 Å². The standard InChI is InChI=1S/C25H13N2O3.2CH3.Sn.H/c28-24-18-7-3-5-15-6-4-8-19(22(15)18)25(29)27(24)17-13-11-16(12-14-17)23-26-20-9-1-2-10-21(20)30-23;;;;/h1-5,7-14H;2*1H3;;. The molecule has 0 atom stereocenters. The number of amides is 2. The number of oxazole rings is 1. The van der Waals surface area contributed by atoms with Crippen molar-refractivity contribution < 1.29 is 14.0 Å². The van der Waals surface area contributed by atoms with Crippen LogP contribution in [0, 0.1) is 0 Å². The summed E-state index contributed by atoms with van der Waals surface area (Å²) in [7, 11) is 0. The third kappa shape index (κ3) is 3.10. The van der Waals surface area contributed by atoms with Gasteiger partial charge >= 0.3 is 163 Å². The van der Waals surface area contributed by atoms with E-state index < -0.39 is 19.8 Å². The van der Waals surface area contributed by atoms with Gasteiger partial charge in [-0.1, -0.05) is 12.1 Å². The molecule has 0 saturated carbocycles. The molecular weight excluding hydrogens is 519 g/mol. The van der Waals surface area contributed by atoms with Crippen molar-refractivity contribution in [3.8, 4) is 11.5 Å². The first-order chi connectivity index (χ1) is 16.0. The van der Waals surface area contributed by atoms with Gasteiger partial charge in [-0.2, -0.15) is 0 Å². The van der Waals surface area contributed by atoms with Crippen molar-refractivity contribution >= 4 is 62.7 Å². The Morgan fingerprint density at radius 2 is 1.52 bits per heavy atom. The van der Waals surface area contributed by atoms with E-state index in [1.54, 1.807) is 12.1 Å². The Hall–Kier alpha value is -3.45. The van der Waals surface area contributed by atoms with E-state index in [1.807, 2.05) is 60.7 Å². The maximum atomic E-state index is 13.5. The van der Waals surface area contributed by atoms with Crippen LogP contribution in [0.15, 0.2) is 83.3 Å². The van der Waals surface area contributed by atoms with Crippen molar-refractivity contribution in [2.75, 3.05) is 4.90 Å². The van der Waals surface area contributed by atoms with Gasteiger partial charge in [-0.25, -0.2) is 0 Å². The van der Waals surface area contributed by atoms with Crippen LogP contribution in [0.2, 0.25) is 9.88 Å². The number of imide groups is 1. The Morgan fingerprint density at radius 3 is 2.24 bits per heavy atom. The Labute approximate surface area is 197 Å². The summed E-state index contributed by atoms with van der Waals surface area (Å²) >= 11 is -1.84. The van der Waals surface area contributed by atoms with Crippen LogP contribution in [-0.2, 0) is 0 Å². The van der Waals surface area contributed by atoms with Crippen LogP contribution in [0.1, 0.15) is 20.7 Å². The summed E-state index contributed by atoms with van der Waals surface area (Å²) < 4.78 is 7.19. The fraction of sp³-hybridized carbons (Fsp3) is 0.0741. The number of para-hydroxylation sites is 2. The zero-order valence-corrected chi connectivity index (χ0v) is 21.5. The molecule has 5 nitrogen and oxygen atoms in total. The number of rotatable bonds is 3. The van der Waals surface area contributed by atoms with Gasteiger partial charge in [0.1, 0.15) is 5.52 Å². The van der Waals surface area contributed by atoms with Gasteiger partial charge in [0.05, 0.1) is 0 Å². The molecule has 6 heteroatoms. The van der Waals surface area contributed by atoms with E-state index >= 15 is 0 Å². The molecule has 0 saturated heterocycles. The second-order valence-corrected chi connectivity index (χ2v) is 16.9. The molecule has 6 rings (SSSR count). The van der Waals surface area contributed by atoms with Gasteiger partial charge in [-0.05, 0) is 12.1 Å². The molecule has 0 N–H and O–H groups in total. The Balaban J connectivity index is 1.42. The van der Waals surface area contributed by atoms with E-state index in [0.717, 1.165) is 21.9 Å². The van der Waals surface area contributed by atoms with Crippen molar-refractivity contribution in [2.24, 2.45) is 0 Å². The predicted octanol–water partition coefficient (Wildman–Crippen LogP) is 5.14. The Bertz CT molecular complexity index is 1530. The summed E-state index contributed by atoms with van der Waals surface area (Å²) in [5, 5.41) is 1.86. The quantitative estimate of drug-likeness (QED) is 0.235. The summed E-state index contributed by atoms with van der Waals surface area (Å²) in [6.45, 7) is 0. The molecule has 0 spiro atoms. The fourth-order valence-electron chi connectivity index (χ4n) is 4.61. The number of anilines is 1. The molecule has 1 aromatic heterocycles. The molecule has 160 valence electrons. The van der Waals surface area contributed by atoms with Gasteiger partial charge < -0.3 is 0 Å². The number of carbonyl (C=O) groups excluding carboxylic acids is 2. The maximum absolute atomic E-state index is 13.5. The average molecular weight is 539 g/mol. The Kier molecular flexibility index (Phi) is 4.62. The number of benzene rings is 4. The SMILES string of the molecule is [CH3][SnH]([CH3])[c]1ccc2c3c(cccc13)C(=O)N(c1ccc(-c3nc4ccccc4o3)cc1)C2=O. The van der Waals surface area contributed by atoms with Gasteiger partial charge in [0, 0.05) is 0 Å². The minimum absolute atomic E-state index is 0.288. The van der Waals surface area contributed by atoms with Gasteiger partial charge in [-0.3, -0.25) is 0 Å². The van der Waals surface area contributed by atoms with Crippen molar-refractivity contribution in [3.05, 3.63) is 90.0 Å². The molecule has 33 heavy (non-hydrogen) atoms. The van der Waals surface area contributed by atoms with E-state index in [4.69, 9.17) is 4.42 Å². The molecule has 4 aromatic carbocycles. The van der Waals surface area contributed by atoms with Gasteiger partial charge in [0.2, 0.25) is 0 Å². The van der Waals surface area contributed by atoms with E-state index in [-0.39, 0.29) is 11.8 Å². The van der Waals surface area contributed by atoms with Gasteiger partial charge in [-0.15, -0.1) is 0 Å². The second kappa shape index (κ2) is 7.56. The molecule has 0 fully saturated rings. The number of aromatic nitrogens is 1. The number of fused-ring (bicyclic) bond motifs is 1. The third-order valence-electron chi connectivity index (χ3n) is 6.23. The molecule has 5 aromatic rings. The molecule has 0 aliphatic carbocycles. The van der Waals surface area contributed by atoms with Crippen LogP contribution in [0.25, 0.3) is 33.3 Å². The summed E-state index contributed by atoms with van der Waals surface area (Å²) in [5.41, 5.74) is 3.97. The summed E-state index contributed by atoms with van der Waals surface area (Å²) in [5.74, 6) is -0.0747.